The van der Waals surface area contributed by atoms with Gasteiger partial charge in [-0.2, -0.15) is 0 Å². The van der Waals surface area contributed by atoms with Gasteiger partial charge in [-0.3, -0.25) is 0 Å². The number of hydrogen-bond donors (Lipinski definition) is 1. The lowest BCUT2D eigenvalue weighted by Crippen LogP contribution is -2.17. The Bertz CT molecular complexity index is 608. The lowest BCUT2D eigenvalue weighted by molar-refractivity contribution is 0.1000. The highest BCUT2D eigenvalue weighted by Crippen LogP contribution is 2.36. The fraction of sp³-hybridized carbons (Fsp3) is 0.600. The van der Waals surface area contributed by atoms with E-state index >= 15 is 0 Å². The minimum Gasteiger partial charge on any atom is -0.381 e. The first-order valence-corrected chi connectivity index (χ1v) is 9.28. The third kappa shape index (κ3) is 3.49. The second-order valence-corrected chi connectivity index (χ2v) is 7.50. The van der Waals surface area contributed by atoms with Gasteiger partial charge >= 0.3 is 0 Å². The van der Waals surface area contributed by atoms with Crippen LogP contribution in [0.1, 0.15) is 31.6 Å². The van der Waals surface area contributed by atoms with E-state index in [9.17, 15) is 0 Å². The Balaban J connectivity index is 1.94. The quantitative estimate of drug-likeness (QED) is 0.844. The summed E-state index contributed by atoms with van der Waals surface area (Å²) < 4.78 is 5.45. The van der Waals surface area contributed by atoms with Crippen LogP contribution in [0.5, 0.6) is 0 Å². The molecule has 114 valence electrons. The highest BCUT2D eigenvalue weighted by atomic mass is 32.2. The molecule has 0 spiro atoms. The van der Waals surface area contributed by atoms with Crippen molar-refractivity contribution in [2.75, 3.05) is 25.1 Å². The van der Waals surface area contributed by atoms with Crippen molar-refractivity contribution >= 4 is 39.3 Å². The zero-order valence-electron chi connectivity index (χ0n) is 12.5. The molecule has 0 radical (unpaired) electrons. The average molecular weight is 323 g/mol. The van der Waals surface area contributed by atoms with Crippen LogP contribution in [0.15, 0.2) is 11.1 Å². The zero-order valence-corrected chi connectivity index (χ0v) is 14.1. The van der Waals surface area contributed by atoms with Crippen LogP contribution in [0, 0.1) is 0 Å². The molecular formula is C15H21N3OS2. The summed E-state index contributed by atoms with van der Waals surface area (Å²) in [6.45, 7) is 6.85. The Morgan fingerprint density at radius 1 is 1.33 bits per heavy atom. The molecule has 0 atom stereocenters. The molecule has 0 bridgehead atoms. The van der Waals surface area contributed by atoms with Crippen molar-refractivity contribution < 1.29 is 4.74 Å². The molecule has 3 heterocycles. The number of anilines is 1. The highest BCUT2D eigenvalue weighted by Gasteiger charge is 2.19. The summed E-state index contributed by atoms with van der Waals surface area (Å²) in [5, 5.41) is 6.20. The summed E-state index contributed by atoms with van der Waals surface area (Å²) in [6.07, 6.45) is 3.27. The van der Waals surface area contributed by atoms with Crippen molar-refractivity contribution in [1.82, 2.24) is 9.97 Å². The van der Waals surface area contributed by atoms with Crippen LogP contribution in [0.2, 0.25) is 0 Å². The molecule has 1 aliphatic heterocycles. The van der Waals surface area contributed by atoms with Gasteiger partial charge in [0.2, 0.25) is 5.95 Å². The maximum atomic E-state index is 5.45. The molecule has 0 aliphatic carbocycles. The van der Waals surface area contributed by atoms with Crippen LogP contribution in [-0.2, 0) is 11.2 Å². The van der Waals surface area contributed by atoms with E-state index in [4.69, 9.17) is 9.72 Å². The molecule has 0 amide bonds. The van der Waals surface area contributed by atoms with Gasteiger partial charge in [0.05, 0.1) is 0 Å². The molecule has 0 saturated carbocycles. The summed E-state index contributed by atoms with van der Waals surface area (Å²) in [4.78, 5) is 11.9. The number of aromatic nitrogens is 2. The Hall–Kier alpha value is -0.850. The van der Waals surface area contributed by atoms with E-state index in [1.54, 1.807) is 11.3 Å². The Morgan fingerprint density at radius 2 is 2.14 bits per heavy atom. The highest BCUT2D eigenvalue weighted by molar-refractivity contribution is 8.00. The number of aryl methyl sites for hydroxylation is 1. The second kappa shape index (κ2) is 6.94. The van der Waals surface area contributed by atoms with Crippen LogP contribution in [-0.4, -0.2) is 35.0 Å². The van der Waals surface area contributed by atoms with E-state index in [0.29, 0.717) is 5.25 Å². The Labute approximate surface area is 133 Å². The summed E-state index contributed by atoms with van der Waals surface area (Å²) in [5.41, 5.74) is 0. The van der Waals surface area contributed by atoms with Gasteiger partial charge in [-0.15, -0.1) is 23.1 Å². The molecule has 21 heavy (non-hydrogen) atoms. The molecule has 2 aromatic rings. The van der Waals surface area contributed by atoms with E-state index in [1.165, 1.54) is 10.3 Å². The number of nitrogens with one attached hydrogen (secondary N) is 1. The molecule has 1 fully saturated rings. The zero-order chi connectivity index (χ0) is 14.7. The van der Waals surface area contributed by atoms with Crippen LogP contribution in [0.25, 0.3) is 10.2 Å². The first kappa shape index (κ1) is 15.1. The Morgan fingerprint density at radius 3 is 2.86 bits per heavy atom. The first-order valence-electron chi connectivity index (χ1n) is 7.59. The van der Waals surface area contributed by atoms with Crippen molar-refractivity contribution in [1.29, 1.82) is 0 Å². The van der Waals surface area contributed by atoms with Crippen molar-refractivity contribution in [3.8, 4) is 0 Å². The maximum Gasteiger partial charge on any atom is 0.225 e. The van der Waals surface area contributed by atoms with E-state index in [1.807, 2.05) is 11.8 Å². The van der Waals surface area contributed by atoms with Crippen molar-refractivity contribution in [3.63, 3.8) is 0 Å². The molecule has 1 N–H and O–H groups in total. The molecule has 0 unspecified atom stereocenters. The van der Waals surface area contributed by atoms with Crippen molar-refractivity contribution in [2.24, 2.45) is 0 Å². The normalized spacial score (nSPS) is 16.5. The number of thiophene rings is 1. The average Bonchev–Trinajstić information content (AvgIpc) is 2.92. The van der Waals surface area contributed by atoms with Crippen LogP contribution >= 0.6 is 23.1 Å². The SMILES string of the molecule is CCNc1nc(SC2CCOCC2)c2cc(CC)sc2n1. The number of ether oxygens (including phenoxy) is 1. The van der Waals surface area contributed by atoms with E-state index in [0.717, 1.165) is 54.8 Å². The first-order chi connectivity index (χ1) is 10.3. The molecule has 2 aromatic heterocycles. The third-order valence-electron chi connectivity index (χ3n) is 3.54. The molecule has 1 saturated heterocycles. The predicted octanol–water partition coefficient (Wildman–Crippen LogP) is 3.96. The number of hydrogen-bond acceptors (Lipinski definition) is 6. The van der Waals surface area contributed by atoms with Gasteiger partial charge in [-0.1, -0.05) is 6.92 Å². The lowest BCUT2D eigenvalue weighted by atomic mass is 10.2. The summed E-state index contributed by atoms with van der Waals surface area (Å²) in [6, 6.07) is 2.26. The van der Waals surface area contributed by atoms with Crippen molar-refractivity contribution in [3.05, 3.63) is 10.9 Å². The van der Waals surface area contributed by atoms with Gasteiger partial charge in [-0.25, -0.2) is 9.97 Å². The molecule has 1 aliphatic rings. The molecular weight excluding hydrogens is 302 g/mol. The fourth-order valence-electron chi connectivity index (χ4n) is 2.40. The van der Waals surface area contributed by atoms with Crippen LogP contribution in [0.4, 0.5) is 5.95 Å². The molecule has 0 aromatic carbocycles. The minimum atomic E-state index is 0.608. The monoisotopic (exact) mass is 323 g/mol. The standard InChI is InChI=1S/C15H21N3OS2/c1-3-10-9-12-13(20-10)17-15(16-4-2)18-14(12)21-11-5-7-19-8-6-11/h9,11H,3-8H2,1-2H3,(H,16,17,18). The van der Waals surface area contributed by atoms with Crippen LogP contribution < -0.4 is 5.32 Å². The topological polar surface area (TPSA) is 47.0 Å². The lowest BCUT2D eigenvalue weighted by Gasteiger charge is -2.21. The summed E-state index contributed by atoms with van der Waals surface area (Å²) in [7, 11) is 0. The molecule has 4 nitrogen and oxygen atoms in total. The molecule has 3 rings (SSSR count). The van der Waals surface area contributed by atoms with E-state index in [-0.39, 0.29) is 0 Å². The number of thioether (sulfide) groups is 1. The maximum absolute atomic E-state index is 5.45. The molecule has 6 heteroatoms. The van der Waals surface area contributed by atoms with E-state index < -0.39 is 0 Å². The van der Waals surface area contributed by atoms with Gasteiger partial charge in [-0.05, 0) is 32.3 Å². The summed E-state index contributed by atoms with van der Waals surface area (Å²) in [5.74, 6) is 0.754. The van der Waals surface area contributed by atoms with Gasteiger partial charge in [0.25, 0.3) is 0 Å². The second-order valence-electron chi connectivity index (χ2n) is 5.10. The predicted molar refractivity (Wildman–Crippen MR) is 90.7 cm³/mol. The third-order valence-corrected chi connectivity index (χ3v) is 6.05. The minimum absolute atomic E-state index is 0.608. The fourth-order valence-corrected chi connectivity index (χ4v) is 4.60. The number of nitrogens with zero attached hydrogens (tertiary/aromatic N) is 2. The summed E-state index contributed by atoms with van der Waals surface area (Å²) >= 11 is 3.68. The van der Waals surface area contributed by atoms with E-state index in [2.05, 4.69) is 30.2 Å². The van der Waals surface area contributed by atoms with Gasteiger partial charge in [0.1, 0.15) is 9.86 Å². The smallest absolute Gasteiger partial charge is 0.225 e. The largest absolute Gasteiger partial charge is 0.381 e. The van der Waals surface area contributed by atoms with Crippen LogP contribution in [0.3, 0.4) is 0 Å². The number of rotatable bonds is 5. The van der Waals surface area contributed by atoms with Gasteiger partial charge < -0.3 is 10.1 Å². The Kier molecular flexibility index (Phi) is 4.98. The number of fused-ring (bicyclic) bond motifs is 1. The van der Waals surface area contributed by atoms with Gasteiger partial charge in [0.15, 0.2) is 0 Å². The van der Waals surface area contributed by atoms with Crippen molar-refractivity contribution in [2.45, 2.75) is 43.4 Å². The van der Waals surface area contributed by atoms with Gasteiger partial charge in [0, 0.05) is 35.3 Å².